The number of esters is 1. The van der Waals surface area contributed by atoms with Crippen LogP contribution in [-0.2, 0) is 17.8 Å². The standard InChI is InChI=1S/C11H26O4Si3/c1-10(2)11(12)13-8-7-9-16-14-18(5,6)15-17(3)4/h17H,1,7-9,16H2,2-6H3. The minimum atomic E-state index is -1.86. The monoisotopic (exact) mass is 306 g/mol. The molecule has 0 heterocycles. The van der Waals surface area contributed by atoms with Gasteiger partial charge in [-0.1, -0.05) is 6.58 Å². The number of hydrogen-bond donors (Lipinski definition) is 0. The zero-order valence-electron chi connectivity index (χ0n) is 12.2. The zero-order chi connectivity index (χ0) is 14.2. The van der Waals surface area contributed by atoms with Crippen LogP contribution in [0.1, 0.15) is 13.3 Å². The fourth-order valence-electron chi connectivity index (χ4n) is 1.41. The molecular formula is C11H26O4Si3. The summed E-state index contributed by atoms with van der Waals surface area (Å²) in [5.41, 5.74) is 0.451. The van der Waals surface area contributed by atoms with Crippen LogP contribution >= 0.6 is 0 Å². The molecule has 4 nitrogen and oxygen atoms in total. The van der Waals surface area contributed by atoms with Crippen molar-refractivity contribution in [3.05, 3.63) is 12.2 Å². The summed E-state index contributed by atoms with van der Waals surface area (Å²) in [6, 6.07) is 1.02. The number of rotatable bonds is 9. The lowest BCUT2D eigenvalue weighted by atomic mass is 10.4. The fraction of sp³-hybridized carbons (Fsp3) is 0.727. The Morgan fingerprint density at radius 3 is 2.50 bits per heavy atom. The Morgan fingerprint density at radius 1 is 1.39 bits per heavy atom. The van der Waals surface area contributed by atoms with Crippen LogP contribution in [0.15, 0.2) is 12.2 Å². The van der Waals surface area contributed by atoms with Crippen molar-refractivity contribution in [3.63, 3.8) is 0 Å². The van der Waals surface area contributed by atoms with E-state index in [4.69, 9.17) is 13.0 Å². The molecule has 0 bridgehead atoms. The van der Waals surface area contributed by atoms with E-state index < -0.39 is 27.4 Å². The number of carbonyl (C=O) groups is 1. The molecule has 0 aliphatic carbocycles. The third kappa shape index (κ3) is 9.77. The predicted molar refractivity (Wildman–Crippen MR) is 82.3 cm³/mol. The second kappa shape index (κ2) is 8.81. The minimum Gasteiger partial charge on any atom is -0.462 e. The largest absolute Gasteiger partial charge is 0.462 e. The number of hydrogen-bond acceptors (Lipinski definition) is 4. The summed E-state index contributed by atoms with van der Waals surface area (Å²) in [4.78, 5) is 11.1. The van der Waals surface area contributed by atoms with Gasteiger partial charge in [0.1, 0.15) is 9.76 Å². The van der Waals surface area contributed by atoms with Crippen molar-refractivity contribution in [3.8, 4) is 0 Å². The van der Waals surface area contributed by atoms with Crippen molar-refractivity contribution in [2.24, 2.45) is 0 Å². The minimum absolute atomic E-state index is 0.304. The fourth-order valence-corrected chi connectivity index (χ4v) is 9.79. The highest BCUT2D eigenvalue weighted by molar-refractivity contribution is 6.75. The molecule has 7 heteroatoms. The summed E-state index contributed by atoms with van der Waals surface area (Å²) in [5.74, 6) is -0.304. The number of carbonyl (C=O) groups excluding carboxylic acids is 1. The van der Waals surface area contributed by atoms with Crippen LogP contribution in [0.25, 0.3) is 0 Å². The second-order valence-electron chi connectivity index (χ2n) is 5.04. The molecular weight excluding hydrogens is 280 g/mol. The molecule has 0 aromatic heterocycles. The van der Waals surface area contributed by atoms with Gasteiger partial charge in [-0.15, -0.1) is 0 Å². The van der Waals surface area contributed by atoms with Gasteiger partial charge in [0.2, 0.25) is 0 Å². The molecule has 0 radical (unpaired) electrons. The molecule has 0 unspecified atom stereocenters. The van der Waals surface area contributed by atoms with Crippen molar-refractivity contribution in [1.29, 1.82) is 0 Å². The molecule has 0 N–H and O–H groups in total. The third-order valence-electron chi connectivity index (χ3n) is 2.09. The van der Waals surface area contributed by atoms with Crippen molar-refractivity contribution < 1.29 is 17.8 Å². The van der Waals surface area contributed by atoms with Crippen molar-refractivity contribution in [2.45, 2.75) is 45.6 Å². The Hall–Kier alpha value is -0.219. The van der Waals surface area contributed by atoms with E-state index in [-0.39, 0.29) is 5.97 Å². The Kier molecular flexibility index (Phi) is 8.70. The Labute approximate surface area is 116 Å². The van der Waals surface area contributed by atoms with Gasteiger partial charge in [0, 0.05) is 5.57 Å². The van der Waals surface area contributed by atoms with Crippen LogP contribution in [0.4, 0.5) is 0 Å². The Bertz CT molecular complexity index is 279. The maximum Gasteiger partial charge on any atom is 0.333 e. The van der Waals surface area contributed by atoms with Crippen LogP contribution in [-0.4, -0.2) is 39.9 Å². The van der Waals surface area contributed by atoms with Crippen LogP contribution in [0.5, 0.6) is 0 Å². The van der Waals surface area contributed by atoms with Gasteiger partial charge in [0.15, 0.2) is 9.04 Å². The SMILES string of the molecule is C=C(C)C(=O)OCCC[SiH2]O[Si](C)(C)O[SiH](C)C. The molecule has 18 heavy (non-hydrogen) atoms. The quantitative estimate of drug-likeness (QED) is 0.282. The predicted octanol–water partition coefficient (Wildman–Crippen LogP) is 1.72. The second-order valence-corrected chi connectivity index (χ2v) is 13.1. The molecule has 0 atom stereocenters. The molecule has 0 spiro atoms. The first-order chi connectivity index (χ1) is 8.24. The molecule has 0 fully saturated rings. The van der Waals surface area contributed by atoms with E-state index in [9.17, 15) is 4.79 Å². The highest BCUT2D eigenvalue weighted by Gasteiger charge is 2.24. The highest BCUT2D eigenvalue weighted by atomic mass is 28.4. The summed E-state index contributed by atoms with van der Waals surface area (Å²) >= 11 is 0. The van der Waals surface area contributed by atoms with E-state index in [0.29, 0.717) is 12.2 Å². The van der Waals surface area contributed by atoms with Gasteiger partial charge < -0.3 is 13.0 Å². The van der Waals surface area contributed by atoms with Gasteiger partial charge in [-0.05, 0) is 45.6 Å². The van der Waals surface area contributed by atoms with Gasteiger partial charge >= 0.3 is 14.5 Å². The first-order valence-electron chi connectivity index (χ1n) is 6.39. The Morgan fingerprint density at radius 2 is 2.00 bits per heavy atom. The van der Waals surface area contributed by atoms with Gasteiger partial charge in [0.25, 0.3) is 0 Å². The highest BCUT2D eigenvalue weighted by Crippen LogP contribution is 2.08. The molecule has 0 rings (SSSR count). The average molecular weight is 307 g/mol. The van der Waals surface area contributed by atoms with Gasteiger partial charge in [-0.25, -0.2) is 4.79 Å². The van der Waals surface area contributed by atoms with Gasteiger partial charge in [-0.3, -0.25) is 0 Å². The lowest BCUT2D eigenvalue weighted by molar-refractivity contribution is -0.138. The van der Waals surface area contributed by atoms with E-state index in [1.54, 1.807) is 6.92 Å². The lowest BCUT2D eigenvalue weighted by Gasteiger charge is -2.25. The first kappa shape index (κ1) is 17.8. The molecule has 0 saturated heterocycles. The first-order valence-corrected chi connectivity index (χ1v) is 13.6. The maximum atomic E-state index is 11.1. The lowest BCUT2D eigenvalue weighted by Crippen LogP contribution is -2.40. The molecule has 0 saturated carbocycles. The average Bonchev–Trinajstić information content (AvgIpc) is 2.20. The smallest absolute Gasteiger partial charge is 0.333 e. The van der Waals surface area contributed by atoms with Crippen molar-refractivity contribution in [1.82, 2.24) is 0 Å². The van der Waals surface area contributed by atoms with Crippen molar-refractivity contribution in [2.75, 3.05) is 6.61 Å². The summed E-state index contributed by atoms with van der Waals surface area (Å²) < 4.78 is 16.8. The van der Waals surface area contributed by atoms with E-state index in [1.165, 1.54) is 0 Å². The van der Waals surface area contributed by atoms with Crippen LogP contribution in [0, 0.1) is 0 Å². The molecule has 0 aromatic carbocycles. The molecule has 0 aliphatic heterocycles. The van der Waals surface area contributed by atoms with E-state index in [1.807, 2.05) is 0 Å². The van der Waals surface area contributed by atoms with Crippen molar-refractivity contribution >= 4 is 33.3 Å². The summed E-state index contributed by atoms with van der Waals surface area (Å²) in [7, 11) is -3.43. The molecule has 0 aromatic rings. The molecule has 0 amide bonds. The van der Waals surface area contributed by atoms with E-state index in [0.717, 1.165) is 12.5 Å². The molecule has 106 valence electrons. The maximum absolute atomic E-state index is 11.1. The summed E-state index contributed by atoms with van der Waals surface area (Å²) in [5, 5.41) is 0. The van der Waals surface area contributed by atoms with Gasteiger partial charge in [0.05, 0.1) is 6.61 Å². The summed E-state index contributed by atoms with van der Waals surface area (Å²) in [6.07, 6.45) is 0.870. The number of ether oxygens (including phenoxy) is 1. The normalized spacial score (nSPS) is 12.3. The zero-order valence-corrected chi connectivity index (χ0v) is 15.8. The third-order valence-corrected chi connectivity index (χ3v) is 10.6. The summed E-state index contributed by atoms with van der Waals surface area (Å²) in [6.45, 7) is 14.2. The topological polar surface area (TPSA) is 44.8 Å². The van der Waals surface area contributed by atoms with Crippen LogP contribution in [0.2, 0.25) is 32.2 Å². The van der Waals surface area contributed by atoms with E-state index in [2.05, 4.69) is 32.8 Å². The van der Waals surface area contributed by atoms with Crippen LogP contribution in [0.3, 0.4) is 0 Å². The molecule has 0 aliphatic rings. The Balaban J connectivity index is 3.56. The van der Waals surface area contributed by atoms with Crippen LogP contribution < -0.4 is 0 Å². The van der Waals surface area contributed by atoms with Gasteiger partial charge in [-0.2, -0.15) is 0 Å². The van der Waals surface area contributed by atoms with E-state index >= 15 is 0 Å².